The van der Waals surface area contributed by atoms with Crippen LogP contribution in [0, 0.1) is 0 Å². The Hall–Kier alpha value is -1.79. The predicted molar refractivity (Wildman–Crippen MR) is 75.8 cm³/mol. The Bertz CT molecular complexity index is 420. The predicted octanol–water partition coefficient (Wildman–Crippen LogP) is 0.646. The van der Waals surface area contributed by atoms with Crippen molar-refractivity contribution < 1.29 is 19.5 Å². The molecule has 7 nitrogen and oxygen atoms in total. The van der Waals surface area contributed by atoms with E-state index in [-0.39, 0.29) is 30.6 Å². The molecule has 0 radical (unpaired) electrons. The quantitative estimate of drug-likeness (QED) is 0.797. The Balaban J connectivity index is 1.94. The Kier molecular flexibility index (Phi) is 5.03. The molecule has 7 heteroatoms. The molecule has 0 spiro atoms. The second-order valence-electron chi connectivity index (χ2n) is 5.92. The first-order valence-corrected chi connectivity index (χ1v) is 7.50. The number of aliphatic carboxylic acids is 1. The van der Waals surface area contributed by atoms with Gasteiger partial charge in [0.1, 0.15) is 6.54 Å². The van der Waals surface area contributed by atoms with Gasteiger partial charge in [0.15, 0.2) is 0 Å². The fourth-order valence-electron chi connectivity index (χ4n) is 3.12. The molecule has 1 saturated carbocycles. The van der Waals surface area contributed by atoms with E-state index in [1.165, 1.54) is 4.90 Å². The third-order valence-electron chi connectivity index (χ3n) is 4.29. The van der Waals surface area contributed by atoms with Crippen molar-refractivity contribution in [3.8, 4) is 0 Å². The van der Waals surface area contributed by atoms with Crippen LogP contribution in [-0.2, 0) is 9.59 Å². The van der Waals surface area contributed by atoms with Crippen LogP contribution in [0.1, 0.15) is 38.5 Å². The Labute approximate surface area is 124 Å². The Morgan fingerprint density at radius 2 is 2.00 bits per heavy atom. The molecule has 2 aliphatic rings. The maximum atomic E-state index is 12.4. The molecule has 0 aromatic heterocycles. The average molecular weight is 297 g/mol. The van der Waals surface area contributed by atoms with Crippen molar-refractivity contribution in [2.45, 2.75) is 50.6 Å². The van der Waals surface area contributed by atoms with Crippen molar-refractivity contribution >= 4 is 17.9 Å². The summed E-state index contributed by atoms with van der Waals surface area (Å²) < 4.78 is 0. The first-order valence-electron chi connectivity index (χ1n) is 7.50. The lowest BCUT2D eigenvalue weighted by Gasteiger charge is -2.33. The summed E-state index contributed by atoms with van der Waals surface area (Å²) in [5.41, 5.74) is 0. The van der Waals surface area contributed by atoms with Crippen LogP contribution in [0.3, 0.4) is 0 Å². The number of carboxylic acids is 1. The van der Waals surface area contributed by atoms with E-state index in [2.05, 4.69) is 5.32 Å². The molecule has 2 N–H and O–H groups in total. The monoisotopic (exact) mass is 297 g/mol. The molecule has 1 unspecified atom stereocenters. The highest BCUT2D eigenvalue weighted by Crippen LogP contribution is 2.23. The normalized spacial score (nSPS) is 23.2. The summed E-state index contributed by atoms with van der Waals surface area (Å²) in [6.45, 7) is 0.216. The van der Waals surface area contributed by atoms with Crippen LogP contribution in [0.25, 0.3) is 0 Å². The zero-order valence-electron chi connectivity index (χ0n) is 12.4. The van der Waals surface area contributed by atoms with Gasteiger partial charge in [-0.05, 0) is 19.3 Å². The van der Waals surface area contributed by atoms with Crippen molar-refractivity contribution in [3.63, 3.8) is 0 Å². The van der Waals surface area contributed by atoms with Crippen molar-refractivity contribution in [1.82, 2.24) is 15.1 Å². The van der Waals surface area contributed by atoms with Gasteiger partial charge in [-0.1, -0.05) is 12.8 Å². The molecule has 0 aromatic carbocycles. The number of nitrogens with one attached hydrogen (secondary N) is 1. The van der Waals surface area contributed by atoms with E-state index in [1.807, 2.05) is 0 Å². The summed E-state index contributed by atoms with van der Waals surface area (Å²) >= 11 is 0. The first-order chi connectivity index (χ1) is 9.97. The molecule has 3 amide bonds. The lowest BCUT2D eigenvalue weighted by atomic mass is 10.1. The molecule has 2 rings (SSSR count). The van der Waals surface area contributed by atoms with E-state index in [0.717, 1.165) is 25.7 Å². The second kappa shape index (κ2) is 6.78. The topological polar surface area (TPSA) is 90.0 Å². The van der Waals surface area contributed by atoms with Crippen molar-refractivity contribution in [2.24, 2.45) is 0 Å². The number of carboxylic acid groups (broad SMARTS) is 1. The number of carbonyl (C=O) groups is 3. The van der Waals surface area contributed by atoms with E-state index in [0.29, 0.717) is 19.4 Å². The van der Waals surface area contributed by atoms with Gasteiger partial charge in [0.2, 0.25) is 5.91 Å². The lowest BCUT2D eigenvalue weighted by molar-refractivity contribution is -0.138. The molecule has 21 heavy (non-hydrogen) atoms. The van der Waals surface area contributed by atoms with Crippen molar-refractivity contribution in [2.75, 3.05) is 20.1 Å². The molecule has 0 aromatic rings. The fraction of sp³-hybridized carbons (Fsp3) is 0.786. The molecule has 1 aliphatic heterocycles. The molecule has 1 saturated heterocycles. The number of likely N-dealkylation sites (N-methyl/N-ethyl adjacent to an activating group) is 1. The number of piperidine rings is 1. The summed E-state index contributed by atoms with van der Waals surface area (Å²) in [5, 5.41) is 11.9. The zero-order chi connectivity index (χ0) is 15.4. The Morgan fingerprint density at radius 3 is 2.57 bits per heavy atom. The molecule has 2 fully saturated rings. The van der Waals surface area contributed by atoms with Crippen LogP contribution in [0.4, 0.5) is 4.79 Å². The van der Waals surface area contributed by atoms with Crippen molar-refractivity contribution in [1.29, 1.82) is 0 Å². The number of carbonyl (C=O) groups excluding carboxylic acids is 2. The highest BCUT2D eigenvalue weighted by Gasteiger charge is 2.31. The molecule has 1 atom stereocenters. The van der Waals surface area contributed by atoms with Crippen molar-refractivity contribution in [3.05, 3.63) is 0 Å². The maximum absolute atomic E-state index is 12.4. The highest BCUT2D eigenvalue weighted by molar-refractivity contribution is 5.81. The largest absolute Gasteiger partial charge is 0.480 e. The Morgan fingerprint density at radius 1 is 1.33 bits per heavy atom. The number of likely N-dealkylation sites (tertiary alicyclic amines) is 1. The van der Waals surface area contributed by atoms with Gasteiger partial charge >= 0.3 is 12.0 Å². The molecular formula is C14H23N3O4. The van der Waals surface area contributed by atoms with Gasteiger partial charge in [-0.25, -0.2) is 4.79 Å². The molecular weight excluding hydrogens is 274 g/mol. The van der Waals surface area contributed by atoms with Crippen LogP contribution in [0.2, 0.25) is 0 Å². The number of urea groups is 1. The lowest BCUT2D eigenvalue weighted by Crippen LogP contribution is -2.54. The molecule has 1 heterocycles. The minimum absolute atomic E-state index is 0.0176. The smallest absolute Gasteiger partial charge is 0.323 e. The van der Waals surface area contributed by atoms with E-state index >= 15 is 0 Å². The zero-order valence-corrected chi connectivity index (χ0v) is 12.4. The third-order valence-corrected chi connectivity index (χ3v) is 4.29. The van der Waals surface area contributed by atoms with Crippen LogP contribution >= 0.6 is 0 Å². The van der Waals surface area contributed by atoms with Gasteiger partial charge in [0.25, 0.3) is 0 Å². The summed E-state index contributed by atoms with van der Waals surface area (Å²) in [6.07, 6.45) is 4.83. The molecule has 118 valence electrons. The van der Waals surface area contributed by atoms with E-state index in [4.69, 9.17) is 5.11 Å². The van der Waals surface area contributed by atoms with Gasteiger partial charge in [0, 0.05) is 32.1 Å². The summed E-state index contributed by atoms with van der Waals surface area (Å²) in [7, 11) is 1.71. The average Bonchev–Trinajstić information content (AvgIpc) is 2.93. The van der Waals surface area contributed by atoms with Gasteiger partial charge in [0.05, 0.1) is 0 Å². The number of hydrogen-bond donors (Lipinski definition) is 2. The summed E-state index contributed by atoms with van der Waals surface area (Å²) in [4.78, 5) is 37.8. The fourth-order valence-corrected chi connectivity index (χ4v) is 3.12. The van der Waals surface area contributed by atoms with E-state index in [9.17, 15) is 14.4 Å². The minimum Gasteiger partial charge on any atom is -0.480 e. The maximum Gasteiger partial charge on any atom is 0.323 e. The van der Waals surface area contributed by atoms with Crippen LogP contribution < -0.4 is 5.32 Å². The molecule has 0 bridgehead atoms. The summed E-state index contributed by atoms with van der Waals surface area (Å²) in [6, 6.07) is -0.404. The van der Waals surface area contributed by atoms with Gasteiger partial charge in [-0.3, -0.25) is 9.59 Å². The van der Waals surface area contributed by atoms with Gasteiger partial charge in [-0.2, -0.15) is 0 Å². The SMILES string of the molecule is CN1CC(NC(=O)N(CC(=O)O)C2CCCC2)CCC1=O. The highest BCUT2D eigenvalue weighted by atomic mass is 16.4. The minimum atomic E-state index is -0.993. The second-order valence-corrected chi connectivity index (χ2v) is 5.92. The van der Waals surface area contributed by atoms with Crippen LogP contribution in [0.15, 0.2) is 0 Å². The summed E-state index contributed by atoms with van der Waals surface area (Å²) in [5.74, 6) is -0.910. The first kappa shape index (κ1) is 15.6. The van der Waals surface area contributed by atoms with Crippen LogP contribution in [0.5, 0.6) is 0 Å². The standard InChI is InChI=1S/C14H23N3O4/c1-16-8-10(6-7-12(16)18)15-14(21)17(9-13(19)20)11-4-2-3-5-11/h10-11H,2-9H2,1H3,(H,15,21)(H,19,20). The van der Waals surface area contributed by atoms with Crippen LogP contribution in [-0.4, -0.2) is 65.0 Å². The number of rotatable bonds is 4. The van der Waals surface area contributed by atoms with Gasteiger partial charge in [-0.15, -0.1) is 0 Å². The number of nitrogens with zero attached hydrogens (tertiary/aromatic N) is 2. The van der Waals surface area contributed by atoms with Gasteiger partial charge < -0.3 is 20.2 Å². The number of amides is 3. The third kappa shape index (κ3) is 4.09. The molecule has 1 aliphatic carbocycles. The van der Waals surface area contributed by atoms with E-state index < -0.39 is 5.97 Å². The number of hydrogen-bond acceptors (Lipinski definition) is 3. The van der Waals surface area contributed by atoms with E-state index in [1.54, 1.807) is 11.9 Å².